The number of ether oxygens (including phenoxy) is 1. The molecule has 2 aliphatic rings. The van der Waals surface area contributed by atoms with Crippen molar-refractivity contribution >= 4 is 38.5 Å². The average molecular weight is 640 g/mol. The summed E-state index contributed by atoms with van der Waals surface area (Å²) in [6.07, 6.45) is 0.233. The van der Waals surface area contributed by atoms with Crippen molar-refractivity contribution in [1.82, 2.24) is 24.8 Å². The highest BCUT2D eigenvalue weighted by Gasteiger charge is 2.27. The smallest absolute Gasteiger partial charge is 0.296 e. The number of alkyl halides is 2. The summed E-state index contributed by atoms with van der Waals surface area (Å²) >= 11 is 0. The van der Waals surface area contributed by atoms with E-state index in [9.17, 15) is 22.0 Å². The molecule has 1 amide bonds. The van der Waals surface area contributed by atoms with Gasteiger partial charge in [-0.25, -0.2) is 22.2 Å². The number of amides is 1. The summed E-state index contributed by atoms with van der Waals surface area (Å²) in [4.78, 5) is 28.3. The van der Waals surface area contributed by atoms with Crippen molar-refractivity contribution in [3.05, 3.63) is 66.5 Å². The van der Waals surface area contributed by atoms with Crippen LogP contribution in [0.25, 0.3) is 16.9 Å². The van der Waals surface area contributed by atoms with Crippen LogP contribution in [0.3, 0.4) is 0 Å². The summed E-state index contributed by atoms with van der Waals surface area (Å²) in [5.74, 6) is 0.0270. The Bertz CT molecular complexity index is 1740. The monoisotopic (exact) mass is 639 g/mol. The van der Waals surface area contributed by atoms with Crippen molar-refractivity contribution in [3.63, 3.8) is 0 Å². The second-order valence-electron chi connectivity index (χ2n) is 11.3. The average Bonchev–Trinajstić information content (AvgIpc) is 3.45. The molecule has 2 fully saturated rings. The lowest BCUT2D eigenvalue weighted by atomic mass is 9.86. The topological polar surface area (TPSA) is 131 Å². The Labute approximate surface area is 259 Å². The van der Waals surface area contributed by atoms with Crippen molar-refractivity contribution < 1.29 is 26.7 Å². The minimum atomic E-state index is -3.71. The number of benzene rings is 2. The summed E-state index contributed by atoms with van der Waals surface area (Å²) in [6.45, 7) is 2.86. The summed E-state index contributed by atoms with van der Waals surface area (Å²) in [6, 6.07) is 16.5. The maximum Gasteiger partial charge on any atom is 0.296 e. The normalized spacial score (nSPS) is 19.1. The number of aromatic nitrogens is 4. The number of morpholine rings is 1. The first-order valence-corrected chi connectivity index (χ1v) is 16.7. The fourth-order valence-corrected chi connectivity index (χ4v) is 7.07. The molecule has 45 heavy (non-hydrogen) atoms. The van der Waals surface area contributed by atoms with Crippen molar-refractivity contribution in [2.75, 3.05) is 48.8 Å². The van der Waals surface area contributed by atoms with E-state index in [-0.39, 0.29) is 22.7 Å². The van der Waals surface area contributed by atoms with E-state index in [1.165, 1.54) is 16.7 Å². The molecule has 1 aliphatic carbocycles. The molecule has 1 aliphatic heterocycles. The molecule has 1 saturated carbocycles. The molecule has 2 N–H and O–H groups in total. The molecule has 4 aromatic rings. The van der Waals surface area contributed by atoms with Crippen molar-refractivity contribution in [1.29, 1.82) is 0 Å². The number of para-hydroxylation sites is 2. The second kappa shape index (κ2) is 13.4. The molecule has 0 bridgehead atoms. The zero-order valence-corrected chi connectivity index (χ0v) is 25.4. The van der Waals surface area contributed by atoms with E-state index >= 15 is 0 Å². The van der Waals surface area contributed by atoms with Crippen LogP contribution in [-0.4, -0.2) is 78.5 Å². The first kappa shape index (κ1) is 30.8. The maximum absolute atomic E-state index is 14.1. The predicted octanol–water partition coefficient (Wildman–Crippen LogP) is 4.15. The van der Waals surface area contributed by atoms with Crippen molar-refractivity contribution in [3.8, 4) is 5.82 Å². The van der Waals surface area contributed by atoms with Crippen LogP contribution in [0.5, 0.6) is 0 Å². The lowest BCUT2D eigenvalue weighted by molar-refractivity contribution is -0.119. The molecule has 2 aromatic heterocycles. The molecular formula is C31H35F2N7O4S. The van der Waals surface area contributed by atoms with Crippen molar-refractivity contribution in [2.24, 2.45) is 5.92 Å². The van der Waals surface area contributed by atoms with E-state index in [1.807, 2.05) is 4.90 Å². The molecular weight excluding hydrogens is 604 g/mol. The SMILES string of the molecule is O=C(CS(=O)(=O)c1ccccc1)N[C@H]1CC[C@H](CNc2nc(N3CCOCC3)cc(-n3c(C(F)F)nc4ccccc43)n2)CC1. The van der Waals surface area contributed by atoms with E-state index in [1.54, 1.807) is 48.5 Å². The number of imidazole rings is 1. The van der Waals surface area contributed by atoms with Crippen LogP contribution in [0.1, 0.15) is 37.9 Å². The highest BCUT2D eigenvalue weighted by atomic mass is 32.2. The van der Waals surface area contributed by atoms with Gasteiger partial charge in [0.2, 0.25) is 11.9 Å². The molecule has 0 spiro atoms. The van der Waals surface area contributed by atoms with Crippen LogP contribution in [0.4, 0.5) is 20.5 Å². The number of hydrogen-bond donors (Lipinski definition) is 2. The number of nitrogens with zero attached hydrogens (tertiary/aromatic N) is 5. The number of sulfone groups is 1. The summed E-state index contributed by atoms with van der Waals surface area (Å²) in [5.41, 5.74) is 0.984. The minimum absolute atomic E-state index is 0.102. The molecule has 238 valence electrons. The number of rotatable bonds is 10. The quantitative estimate of drug-likeness (QED) is 0.263. The molecule has 0 unspecified atom stereocenters. The van der Waals surface area contributed by atoms with Gasteiger partial charge in [0.25, 0.3) is 6.43 Å². The van der Waals surface area contributed by atoms with Gasteiger partial charge in [-0.3, -0.25) is 9.36 Å². The van der Waals surface area contributed by atoms with Crippen LogP contribution in [0.2, 0.25) is 0 Å². The molecule has 0 radical (unpaired) electrons. The Morgan fingerprint density at radius 3 is 2.36 bits per heavy atom. The number of fused-ring (bicyclic) bond motifs is 1. The number of anilines is 2. The first-order chi connectivity index (χ1) is 21.8. The Hall–Kier alpha value is -4.17. The van der Waals surface area contributed by atoms with Crippen LogP contribution in [-0.2, 0) is 19.4 Å². The van der Waals surface area contributed by atoms with E-state index in [0.717, 1.165) is 12.8 Å². The van der Waals surface area contributed by atoms with Crippen LogP contribution in [0.15, 0.2) is 65.6 Å². The highest BCUT2D eigenvalue weighted by molar-refractivity contribution is 7.92. The van der Waals surface area contributed by atoms with Crippen molar-refractivity contribution in [2.45, 2.75) is 43.0 Å². The fraction of sp³-hybridized carbons (Fsp3) is 0.419. The van der Waals surface area contributed by atoms with Gasteiger partial charge in [-0.1, -0.05) is 30.3 Å². The summed E-state index contributed by atoms with van der Waals surface area (Å²) < 4.78 is 60.3. The van der Waals surface area contributed by atoms with E-state index in [2.05, 4.69) is 20.6 Å². The number of nitrogens with one attached hydrogen (secondary N) is 2. The molecule has 3 heterocycles. The van der Waals surface area contributed by atoms with Crippen LogP contribution < -0.4 is 15.5 Å². The molecule has 0 atom stereocenters. The Balaban J connectivity index is 1.13. The number of carbonyl (C=O) groups excluding carboxylic acids is 1. The van der Waals surface area contributed by atoms with Gasteiger partial charge < -0.3 is 20.3 Å². The van der Waals surface area contributed by atoms with Gasteiger partial charge in [0.05, 0.1) is 29.1 Å². The lowest BCUT2D eigenvalue weighted by Gasteiger charge is -2.30. The largest absolute Gasteiger partial charge is 0.378 e. The molecule has 2 aromatic carbocycles. The molecule has 14 heteroatoms. The van der Waals surface area contributed by atoms with Gasteiger partial charge in [0, 0.05) is 31.7 Å². The van der Waals surface area contributed by atoms with Crippen LogP contribution in [0, 0.1) is 5.92 Å². The first-order valence-electron chi connectivity index (χ1n) is 15.1. The minimum Gasteiger partial charge on any atom is -0.378 e. The molecule has 1 saturated heterocycles. The summed E-state index contributed by atoms with van der Waals surface area (Å²) in [5, 5.41) is 6.22. The third kappa shape index (κ3) is 7.22. The summed E-state index contributed by atoms with van der Waals surface area (Å²) in [7, 11) is -3.71. The van der Waals surface area contributed by atoms with E-state index < -0.39 is 27.9 Å². The highest BCUT2D eigenvalue weighted by Crippen LogP contribution is 2.30. The zero-order chi connectivity index (χ0) is 31.4. The third-order valence-corrected chi connectivity index (χ3v) is 9.86. The standard InChI is InChI=1S/C31H35F2N7O4S/c32-29(33)30-36-24-8-4-5-9-25(24)40(30)27-18-26(39-14-16-44-17-15-39)37-31(38-27)34-19-21-10-12-22(13-11-21)35-28(41)20-45(42,43)23-6-2-1-3-7-23/h1-9,18,21-22,29H,10-17,19-20H2,(H,35,41)(H,34,37,38)/t21-,22-. The van der Waals surface area contributed by atoms with E-state index in [0.29, 0.717) is 74.3 Å². The molecule has 11 nitrogen and oxygen atoms in total. The fourth-order valence-electron chi connectivity index (χ4n) is 5.90. The lowest BCUT2D eigenvalue weighted by Crippen LogP contribution is -2.41. The number of carbonyl (C=O) groups is 1. The predicted molar refractivity (Wildman–Crippen MR) is 166 cm³/mol. The number of halogens is 2. The Morgan fingerprint density at radius 1 is 0.933 bits per heavy atom. The van der Waals surface area contributed by atoms with Gasteiger partial charge in [0.15, 0.2) is 15.7 Å². The number of hydrogen-bond acceptors (Lipinski definition) is 9. The van der Waals surface area contributed by atoms with Gasteiger partial charge in [-0.15, -0.1) is 0 Å². The Morgan fingerprint density at radius 2 is 1.62 bits per heavy atom. The van der Waals surface area contributed by atoms with Gasteiger partial charge in [-0.2, -0.15) is 9.97 Å². The maximum atomic E-state index is 14.1. The Kier molecular flexibility index (Phi) is 9.21. The molecule has 6 rings (SSSR count). The van der Waals surface area contributed by atoms with Gasteiger partial charge >= 0.3 is 0 Å². The van der Waals surface area contributed by atoms with E-state index in [4.69, 9.17) is 9.72 Å². The zero-order valence-electron chi connectivity index (χ0n) is 24.6. The van der Waals surface area contributed by atoms with Gasteiger partial charge in [-0.05, 0) is 55.9 Å². The van der Waals surface area contributed by atoms with Gasteiger partial charge in [0.1, 0.15) is 17.4 Å². The second-order valence-corrected chi connectivity index (χ2v) is 13.3. The van der Waals surface area contributed by atoms with Crippen LogP contribution >= 0.6 is 0 Å². The third-order valence-electron chi connectivity index (χ3n) is 8.23.